The number of hydrogen-bond donors (Lipinski definition) is 0. The van der Waals surface area contributed by atoms with Gasteiger partial charge in [0.1, 0.15) is 0 Å². The van der Waals surface area contributed by atoms with Crippen LogP contribution in [0, 0.1) is 26.7 Å². The van der Waals surface area contributed by atoms with Crippen molar-refractivity contribution in [2.75, 3.05) is 0 Å². The van der Waals surface area contributed by atoms with Crippen LogP contribution in [-0.2, 0) is 32.7 Å². The van der Waals surface area contributed by atoms with Crippen LogP contribution in [0.5, 0.6) is 0 Å². The molecule has 1 aromatic rings. The van der Waals surface area contributed by atoms with E-state index in [0.29, 0.717) is 0 Å². The fourth-order valence-electron chi connectivity index (χ4n) is 0.604. The SMILES string of the molecule is Cc1[c-]cccc1C.[B][CH2-].[Y]. The van der Waals surface area contributed by atoms with Crippen molar-refractivity contribution >= 4 is 7.85 Å². The van der Waals surface area contributed by atoms with Crippen LogP contribution < -0.4 is 0 Å². The zero-order valence-corrected chi connectivity index (χ0v) is 9.93. The van der Waals surface area contributed by atoms with Gasteiger partial charge in [-0.1, -0.05) is 13.8 Å². The summed E-state index contributed by atoms with van der Waals surface area (Å²) >= 11 is 0. The third-order valence-corrected chi connectivity index (χ3v) is 1.33. The topological polar surface area (TPSA) is 0 Å². The molecular weight excluding hydrogens is 208 g/mol. The Morgan fingerprint density at radius 2 is 1.91 bits per heavy atom. The molecular formula is C9H11BY-2. The van der Waals surface area contributed by atoms with Crippen molar-refractivity contribution < 1.29 is 32.7 Å². The molecule has 0 aromatic heterocycles. The molecule has 0 saturated heterocycles. The van der Waals surface area contributed by atoms with Gasteiger partial charge in [0.2, 0.25) is 0 Å². The molecule has 0 bridgehead atoms. The van der Waals surface area contributed by atoms with Gasteiger partial charge in [-0.05, 0) is 0 Å². The van der Waals surface area contributed by atoms with Gasteiger partial charge in [-0.3, -0.25) is 0 Å². The predicted octanol–water partition coefficient (Wildman–Crippen LogP) is 2.05. The molecule has 0 saturated carbocycles. The monoisotopic (exact) mass is 219 g/mol. The van der Waals surface area contributed by atoms with E-state index in [0.717, 1.165) is 0 Å². The molecule has 0 aliphatic heterocycles. The minimum atomic E-state index is 0. The molecule has 55 valence electrons. The standard InChI is InChI=1S/C8H9.CH2B.Y/c1-7-5-3-4-6-8(7)2;1-2;/h3-5H,1-2H3;1H2;/q2*-1;. The molecule has 0 N–H and O–H groups in total. The molecule has 0 unspecified atom stereocenters. The second kappa shape index (κ2) is 8.49. The Morgan fingerprint density at radius 3 is 2.18 bits per heavy atom. The third kappa shape index (κ3) is 5.64. The molecule has 0 nitrogen and oxygen atoms in total. The van der Waals surface area contributed by atoms with Crippen molar-refractivity contribution in [3.63, 3.8) is 0 Å². The molecule has 0 aliphatic carbocycles. The summed E-state index contributed by atoms with van der Waals surface area (Å²) in [7, 11) is 4.25. The maximum atomic E-state index is 4.25. The second-order valence-corrected chi connectivity index (χ2v) is 1.98. The summed E-state index contributed by atoms with van der Waals surface area (Å²) < 4.78 is 0. The van der Waals surface area contributed by atoms with E-state index in [-0.39, 0.29) is 32.7 Å². The average Bonchev–Trinajstić information content (AvgIpc) is 2.00. The van der Waals surface area contributed by atoms with Gasteiger partial charge in [0.25, 0.3) is 0 Å². The summed E-state index contributed by atoms with van der Waals surface area (Å²) in [6, 6.07) is 9.12. The first-order chi connectivity index (χ1) is 4.80. The summed E-state index contributed by atoms with van der Waals surface area (Å²) in [6.07, 6.45) is 0. The molecule has 0 heterocycles. The summed E-state index contributed by atoms with van der Waals surface area (Å²) in [5.41, 5.74) is 2.56. The van der Waals surface area contributed by atoms with E-state index in [4.69, 9.17) is 0 Å². The first-order valence-corrected chi connectivity index (χ1v) is 3.15. The quantitative estimate of drug-likeness (QED) is 0.462. The Balaban J connectivity index is 0. The molecule has 0 aliphatic rings. The molecule has 1 rings (SSSR count). The number of aryl methyl sites for hydroxylation is 2. The van der Waals surface area contributed by atoms with Gasteiger partial charge < -0.3 is 6.82 Å². The van der Waals surface area contributed by atoms with Crippen molar-refractivity contribution in [1.29, 1.82) is 0 Å². The smallest absolute Gasteiger partial charge is 0 e. The minimum Gasteiger partial charge on any atom is -0.382 e. The maximum Gasteiger partial charge on any atom is 0 e. The molecule has 2 heteroatoms. The van der Waals surface area contributed by atoms with E-state index in [1.54, 1.807) is 0 Å². The minimum absolute atomic E-state index is 0. The van der Waals surface area contributed by atoms with Gasteiger partial charge in [-0.25, -0.2) is 0 Å². The van der Waals surface area contributed by atoms with Crippen LogP contribution in [0.1, 0.15) is 11.1 Å². The van der Waals surface area contributed by atoms with Gasteiger partial charge >= 0.3 is 0 Å². The van der Waals surface area contributed by atoms with Gasteiger partial charge in [0.15, 0.2) is 0 Å². The average molecular weight is 219 g/mol. The Hall–Kier alpha value is 0.389. The van der Waals surface area contributed by atoms with Crippen LogP contribution in [0.3, 0.4) is 0 Å². The maximum absolute atomic E-state index is 4.25. The van der Waals surface area contributed by atoms with E-state index in [1.165, 1.54) is 11.1 Å². The molecule has 0 amide bonds. The van der Waals surface area contributed by atoms with Gasteiger partial charge in [-0.2, -0.15) is 43.2 Å². The molecule has 0 fully saturated rings. The van der Waals surface area contributed by atoms with Crippen LogP contribution in [0.15, 0.2) is 18.2 Å². The van der Waals surface area contributed by atoms with Gasteiger partial charge in [0.05, 0.1) is 0 Å². The van der Waals surface area contributed by atoms with Crippen LogP contribution >= 0.6 is 0 Å². The van der Waals surface area contributed by atoms with E-state index >= 15 is 0 Å². The normalized spacial score (nSPS) is 7.18. The van der Waals surface area contributed by atoms with E-state index in [1.807, 2.05) is 12.1 Å². The number of benzene rings is 1. The summed E-state index contributed by atoms with van der Waals surface area (Å²) in [6.45, 7) is 6.90. The van der Waals surface area contributed by atoms with Crippen LogP contribution in [0.25, 0.3) is 0 Å². The third-order valence-electron chi connectivity index (χ3n) is 1.33. The van der Waals surface area contributed by atoms with Crippen LogP contribution in [0.4, 0.5) is 0 Å². The Morgan fingerprint density at radius 1 is 1.36 bits per heavy atom. The summed E-state index contributed by atoms with van der Waals surface area (Å²) in [4.78, 5) is 0. The Bertz CT molecular complexity index is 166. The van der Waals surface area contributed by atoms with Crippen molar-refractivity contribution in [3.05, 3.63) is 42.2 Å². The van der Waals surface area contributed by atoms with E-state index in [2.05, 4.69) is 40.6 Å². The molecule has 0 spiro atoms. The fourth-order valence-corrected chi connectivity index (χ4v) is 0.604. The predicted molar refractivity (Wildman–Crippen MR) is 45.9 cm³/mol. The Kier molecular flexibility index (Phi) is 10.8. The number of hydrogen-bond acceptors (Lipinski definition) is 0. The molecule has 3 radical (unpaired) electrons. The van der Waals surface area contributed by atoms with Crippen molar-refractivity contribution in [3.8, 4) is 0 Å². The van der Waals surface area contributed by atoms with Gasteiger partial charge in [0, 0.05) is 32.7 Å². The van der Waals surface area contributed by atoms with Crippen LogP contribution in [0.2, 0.25) is 0 Å². The van der Waals surface area contributed by atoms with Gasteiger partial charge in [-0.15, -0.1) is 0 Å². The first-order valence-electron chi connectivity index (χ1n) is 3.15. The van der Waals surface area contributed by atoms with Crippen molar-refractivity contribution in [1.82, 2.24) is 0 Å². The largest absolute Gasteiger partial charge is 0.382 e. The molecule has 1 aromatic carbocycles. The van der Waals surface area contributed by atoms with E-state index < -0.39 is 0 Å². The summed E-state index contributed by atoms with van der Waals surface area (Å²) in [5.74, 6) is 0. The zero-order valence-electron chi connectivity index (χ0n) is 7.09. The first kappa shape index (κ1) is 13.9. The zero-order chi connectivity index (χ0) is 7.98. The second-order valence-electron chi connectivity index (χ2n) is 1.98. The molecule has 0 atom stereocenters. The van der Waals surface area contributed by atoms with Crippen molar-refractivity contribution in [2.45, 2.75) is 13.8 Å². The van der Waals surface area contributed by atoms with E-state index in [9.17, 15) is 0 Å². The van der Waals surface area contributed by atoms with Crippen LogP contribution in [-0.4, -0.2) is 7.85 Å². The number of rotatable bonds is 0. The fraction of sp³-hybridized carbons (Fsp3) is 0.222. The van der Waals surface area contributed by atoms with Crippen molar-refractivity contribution in [2.24, 2.45) is 0 Å². The molecule has 11 heavy (non-hydrogen) atoms. The Labute approximate surface area is 96.1 Å². The summed E-state index contributed by atoms with van der Waals surface area (Å²) in [5, 5.41) is 0.